The fraction of sp³-hybridized carbons (Fsp3) is 0.357. The van der Waals surface area contributed by atoms with Crippen molar-refractivity contribution in [3.63, 3.8) is 0 Å². The summed E-state index contributed by atoms with van der Waals surface area (Å²) in [6, 6.07) is 5.08. The standard InChI is InChI=1S/C14H16O4/c1-4-5-9-6-14(15)18-11-8-13(17-3)12(16-2)7-10(9)11/h6-8H,4-5H2,1-3H3. The van der Waals surface area contributed by atoms with Crippen LogP contribution in [0.5, 0.6) is 11.5 Å². The summed E-state index contributed by atoms with van der Waals surface area (Å²) in [5.74, 6) is 1.19. The third-order valence-corrected chi connectivity index (χ3v) is 2.85. The van der Waals surface area contributed by atoms with Gasteiger partial charge in [-0.15, -0.1) is 0 Å². The molecular weight excluding hydrogens is 232 g/mol. The molecule has 1 aromatic heterocycles. The van der Waals surface area contributed by atoms with E-state index >= 15 is 0 Å². The first-order chi connectivity index (χ1) is 8.69. The van der Waals surface area contributed by atoms with Crippen molar-refractivity contribution in [1.82, 2.24) is 0 Å². The van der Waals surface area contributed by atoms with Crippen LogP contribution in [0, 0.1) is 0 Å². The monoisotopic (exact) mass is 248 g/mol. The van der Waals surface area contributed by atoms with Gasteiger partial charge in [0.2, 0.25) is 0 Å². The van der Waals surface area contributed by atoms with Crippen molar-refractivity contribution in [1.29, 1.82) is 0 Å². The summed E-state index contributed by atoms with van der Waals surface area (Å²) in [6.07, 6.45) is 1.80. The van der Waals surface area contributed by atoms with Crippen LogP contribution in [0.25, 0.3) is 11.0 Å². The molecule has 0 aliphatic heterocycles. The van der Waals surface area contributed by atoms with E-state index in [0.29, 0.717) is 17.1 Å². The third kappa shape index (κ3) is 2.18. The molecule has 0 atom stereocenters. The highest BCUT2D eigenvalue weighted by atomic mass is 16.5. The Morgan fingerprint density at radius 2 is 1.78 bits per heavy atom. The molecular formula is C14H16O4. The maximum absolute atomic E-state index is 11.5. The van der Waals surface area contributed by atoms with E-state index in [4.69, 9.17) is 13.9 Å². The van der Waals surface area contributed by atoms with Gasteiger partial charge in [0.05, 0.1) is 14.2 Å². The number of benzene rings is 1. The highest BCUT2D eigenvalue weighted by molar-refractivity contribution is 5.84. The minimum Gasteiger partial charge on any atom is -0.493 e. The number of methoxy groups -OCH3 is 2. The molecule has 1 aromatic carbocycles. The van der Waals surface area contributed by atoms with E-state index in [0.717, 1.165) is 23.8 Å². The molecule has 0 spiro atoms. The van der Waals surface area contributed by atoms with Gasteiger partial charge in [-0.25, -0.2) is 4.79 Å². The summed E-state index contributed by atoms with van der Waals surface area (Å²) in [5, 5.41) is 0.897. The predicted molar refractivity (Wildman–Crippen MR) is 69.6 cm³/mol. The van der Waals surface area contributed by atoms with Crippen molar-refractivity contribution in [2.75, 3.05) is 14.2 Å². The molecule has 0 saturated carbocycles. The van der Waals surface area contributed by atoms with Gasteiger partial charge in [0, 0.05) is 17.5 Å². The van der Waals surface area contributed by atoms with Gasteiger partial charge in [-0.1, -0.05) is 13.3 Å². The molecule has 4 heteroatoms. The Labute approximate surface area is 105 Å². The molecule has 0 unspecified atom stereocenters. The van der Waals surface area contributed by atoms with Crippen LogP contribution in [0.1, 0.15) is 18.9 Å². The number of rotatable bonds is 4. The lowest BCUT2D eigenvalue weighted by Crippen LogP contribution is -2.01. The summed E-state index contributed by atoms with van der Waals surface area (Å²) in [5.41, 5.74) is 1.17. The molecule has 18 heavy (non-hydrogen) atoms. The summed E-state index contributed by atoms with van der Waals surface area (Å²) in [6.45, 7) is 2.07. The van der Waals surface area contributed by atoms with Gasteiger partial charge in [0.25, 0.3) is 0 Å². The second kappa shape index (κ2) is 5.12. The topological polar surface area (TPSA) is 48.7 Å². The average Bonchev–Trinajstić information content (AvgIpc) is 2.37. The molecule has 0 radical (unpaired) electrons. The van der Waals surface area contributed by atoms with Gasteiger partial charge in [-0.05, 0) is 18.1 Å². The van der Waals surface area contributed by atoms with E-state index in [-0.39, 0.29) is 5.63 Å². The van der Waals surface area contributed by atoms with Crippen LogP contribution >= 0.6 is 0 Å². The molecule has 4 nitrogen and oxygen atoms in total. The molecule has 0 bridgehead atoms. The van der Waals surface area contributed by atoms with Crippen LogP contribution in [0.4, 0.5) is 0 Å². The number of hydrogen-bond acceptors (Lipinski definition) is 4. The first kappa shape index (κ1) is 12.5. The Morgan fingerprint density at radius 1 is 1.11 bits per heavy atom. The molecule has 2 aromatic rings. The Hall–Kier alpha value is -1.97. The van der Waals surface area contributed by atoms with Gasteiger partial charge >= 0.3 is 5.63 Å². The number of hydrogen-bond donors (Lipinski definition) is 0. The largest absolute Gasteiger partial charge is 0.493 e. The molecule has 0 N–H and O–H groups in total. The number of ether oxygens (including phenoxy) is 2. The summed E-state index contributed by atoms with van der Waals surface area (Å²) < 4.78 is 15.7. The van der Waals surface area contributed by atoms with Crippen molar-refractivity contribution >= 4 is 11.0 Å². The normalized spacial score (nSPS) is 10.6. The fourth-order valence-corrected chi connectivity index (χ4v) is 2.03. The van der Waals surface area contributed by atoms with Crippen LogP contribution in [0.3, 0.4) is 0 Å². The molecule has 0 fully saturated rings. The quantitative estimate of drug-likeness (QED) is 0.781. The first-order valence-electron chi connectivity index (χ1n) is 5.88. The van der Waals surface area contributed by atoms with Crippen LogP contribution in [0.2, 0.25) is 0 Å². The molecule has 0 saturated heterocycles. The van der Waals surface area contributed by atoms with Gasteiger partial charge in [0.1, 0.15) is 5.58 Å². The Kier molecular flexibility index (Phi) is 3.55. The van der Waals surface area contributed by atoms with Crippen molar-refractivity contribution in [3.05, 3.63) is 34.2 Å². The third-order valence-electron chi connectivity index (χ3n) is 2.85. The van der Waals surface area contributed by atoms with Crippen LogP contribution in [0.15, 0.2) is 27.4 Å². The molecule has 1 heterocycles. The summed E-state index contributed by atoms with van der Waals surface area (Å²) in [7, 11) is 3.14. The predicted octanol–water partition coefficient (Wildman–Crippen LogP) is 2.76. The highest BCUT2D eigenvalue weighted by Gasteiger charge is 2.11. The fourth-order valence-electron chi connectivity index (χ4n) is 2.03. The molecule has 0 aliphatic rings. The highest BCUT2D eigenvalue weighted by Crippen LogP contribution is 2.33. The molecule has 0 amide bonds. The molecule has 96 valence electrons. The van der Waals surface area contributed by atoms with Gasteiger partial charge in [-0.3, -0.25) is 0 Å². The van der Waals surface area contributed by atoms with Gasteiger partial charge in [0.15, 0.2) is 11.5 Å². The van der Waals surface area contributed by atoms with Gasteiger partial charge < -0.3 is 13.9 Å². The van der Waals surface area contributed by atoms with Crippen LogP contribution in [-0.4, -0.2) is 14.2 Å². The van der Waals surface area contributed by atoms with Crippen molar-refractivity contribution in [3.8, 4) is 11.5 Å². The smallest absolute Gasteiger partial charge is 0.336 e. The zero-order valence-corrected chi connectivity index (χ0v) is 10.8. The minimum atomic E-state index is -0.335. The van der Waals surface area contributed by atoms with E-state index in [9.17, 15) is 4.79 Å². The minimum absolute atomic E-state index is 0.335. The Balaban J connectivity index is 2.75. The number of fused-ring (bicyclic) bond motifs is 1. The number of aryl methyl sites for hydroxylation is 1. The molecule has 2 rings (SSSR count). The van der Waals surface area contributed by atoms with E-state index < -0.39 is 0 Å². The average molecular weight is 248 g/mol. The molecule has 0 aliphatic carbocycles. The maximum Gasteiger partial charge on any atom is 0.336 e. The lowest BCUT2D eigenvalue weighted by Gasteiger charge is -2.10. The summed E-state index contributed by atoms with van der Waals surface area (Å²) in [4.78, 5) is 11.5. The maximum atomic E-state index is 11.5. The van der Waals surface area contributed by atoms with E-state index in [1.165, 1.54) is 6.07 Å². The Bertz CT molecular complexity index is 613. The van der Waals surface area contributed by atoms with E-state index in [2.05, 4.69) is 6.92 Å². The van der Waals surface area contributed by atoms with E-state index in [1.54, 1.807) is 20.3 Å². The zero-order valence-electron chi connectivity index (χ0n) is 10.8. The summed E-state index contributed by atoms with van der Waals surface area (Å²) >= 11 is 0. The van der Waals surface area contributed by atoms with E-state index in [1.807, 2.05) is 6.07 Å². The lowest BCUT2D eigenvalue weighted by molar-refractivity contribution is 0.355. The lowest BCUT2D eigenvalue weighted by atomic mass is 10.1. The van der Waals surface area contributed by atoms with Crippen molar-refractivity contribution in [2.45, 2.75) is 19.8 Å². The second-order valence-electron chi connectivity index (χ2n) is 4.04. The second-order valence-corrected chi connectivity index (χ2v) is 4.04. The van der Waals surface area contributed by atoms with Crippen LogP contribution < -0.4 is 15.1 Å². The van der Waals surface area contributed by atoms with Gasteiger partial charge in [-0.2, -0.15) is 0 Å². The van der Waals surface area contributed by atoms with Crippen molar-refractivity contribution < 1.29 is 13.9 Å². The zero-order chi connectivity index (χ0) is 13.1. The van der Waals surface area contributed by atoms with Crippen molar-refractivity contribution in [2.24, 2.45) is 0 Å². The SMILES string of the molecule is CCCc1cc(=O)oc2cc(OC)c(OC)cc12. The van der Waals surface area contributed by atoms with Crippen LogP contribution in [-0.2, 0) is 6.42 Å². The first-order valence-corrected chi connectivity index (χ1v) is 5.88. The Morgan fingerprint density at radius 3 is 2.39 bits per heavy atom.